The van der Waals surface area contributed by atoms with Crippen LogP contribution < -0.4 is 5.32 Å². The summed E-state index contributed by atoms with van der Waals surface area (Å²) >= 11 is 0. The summed E-state index contributed by atoms with van der Waals surface area (Å²) < 4.78 is 0. The first-order valence-electron chi connectivity index (χ1n) is 7.33. The Bertz CT molecular complexity index is 550. The number of hydrogen-bond acceptors (Lipinski definition) is 2. The van der Waals surface area contributed by atoms with Gasteiger partial charge in [-0.2, -0.15) is 0 Å². The zero-order valence-electron chi connectivity index (χ0n) is 11.6. The van der Waals surface area contributed by atoms with Crippen LogP contribution in [0.4, 0.5) is 5.69 Å². The molecule has 2 heteroatoms. The van der Waals surface area contributed by atoms with Gasteiger partial charge in [-0.15, -0.1) is 0 Å². The van der Waals surface area contributed by atoms with Crippen LogP contribution in [0, 0.1) is 0 Å². The summed E-state index contributed by atoms with van der Waals surface area (Å²) in [5.41, 5.74) is 1.24. The molecular weight excluding hydrogens is 232 g/mol. The number of likely N-dealkylation sites (tertiary alicyclic amines) is 1. The first-order chi connectivity index (χ1) is 9.36. The van der Waals surface area contributed by atoms with Gasteiger partial charge in [0.2, 0.25) is 0 Å². The van der Waals surface area contributed by atoms with Crippen molar-refractivity contribution in [1.29, 1.82) is 0 Å². The maximum atomic E-state index is 3.60. The molecule has 1 saturated heterocycles. The largest absolute Gasteiger partial charge is 0.383 e. The van der Waals surface area contributed by atoms with Gasteiger partial charge in [-0.3, -0.25) is 4.90 Å². The Morgan fingerprint density at radius 2 is 2.00 bits per heavy atom. The van der Waals surface area contributed by atoms with E-state index in [4.69, 9.17) is 0 Å². The van der Waals surface area contributed by atoms with Crippen LogP contribution in [0.25, 0.3) is 10.8 Å². The molecule has 0 spiro atoms. The Hall–Kier alpha value is -1.54. The van der Waals surface area contributed by atoms with E-state index in [0.29, 0.717) is 6.04 Å². The summed E-state index contributed by atoms with van der Waals surface area (Å²) in [7, 11) is 0. The summed E-state index contributed by atoms with van der Waals surface area (Å²) in [6.45, 7) is 5.76. The highest BCUT2D eigenvalue weighted by Crippen LogP contribution is 2.21. The van der Waals surface area contributed by atoms with Crippen molar-refractivity contribution < 1.29 is 0 Å². The maximum Gasteiger partial charge on any atom is 0.0347 e. The Morgan fingerprint density at radius 1 is 1.16 bits per heavy atom. The molecule has 1 N–H and O–H groups in total. The van der Waals surface area contributed by atoms with Crippen LogP contribution in [0.5, 0.6) is 0 Å². The van der Waals surface area contributed by atoms with E-state index in [1.54, 1.807) is 0 Å². The number of rotatable bonds is 4. The second kappa shape index (κ2) is 5.62. The maximum absolute atomic E-state index is 3.60. The highest BCUT2D eigenvalue weighted by atomic mass is 15.2. The zero-order valence-corrected chi connectivity index (χ0v) is 11.6. The second-order valence-corrected chi connectivity index (χ2v) is 5.37. The highest BCUT2D eigenvalue weighted by molar-refractivity contribution is 5.85. The fourth-order valence-corrected chi connectivity index (χ4v) is 3.08. The number of anilines is 1. The molecule has 3 rings (SSSR count). The zero-order chi connectivity index (χ0) is 13.1. The lowest BCUT2D eigenvalue weighted by Crippen LogP contribution is -2.34. The first-order valence-corrected chi connectivity index (χ1v) is 7.33. The third-order valence-electron chi connectivity index (χ3n) is 4.20. The quantitative estimate of drug-likeness (QED) is 0.894. The molecule has 2 aromatic rings. The summed E-state index contributed by atoms with van der Waals surface area (Å²) in [5, 5.41) is 6.22. The molecule has 1 unspecified atom stereocenters. The van der Waals surface area contributed by atoms with Crippen LogP contribution in [0.15, 0.2) is 42.5 Å². The molecule has 0 radical (unpaired) electrons. The monoisotopic (exact) mass is 254 g/mol. The van der Waals surface area contributed by atoms with Crippen molar-refractivity contribution in [3.63, 3.8) is 0 Å². The minimum atomic E-state index is 0.705. The Balaban J connectivity index is 1.68. The summed E-state index contributed by atoms with van der Waals surface area (Å²) in [5.74, 6) is 0. The number of fused-ring (bicyclic) bond motifs is 1. The van der Waals surface area contributed by atoms with Gasteiger partial charge in [0.25, 0.3) is 0 Å². The number of likely N-dealkylation sites (N-methyl/N-ethyl adjacent to an activating group) is 1. The number of nitrogens with zero attached hydrogens (tertiary/aromatic N) is 1. The molecule has 2 nitrogen and oxygen atoms in total. The van der Waals surface area contributed by atoms with Crippen LogP contribution in [-0.2, 0) is 0 Å². The molecule has 1 fully saturated rings. The molecule has 0 aliphatic carbocycles. The van der Waals surface area contributed by atoms with E-state index in [0.717, 1.165) is 6.54 Å². The number of benzene rings is 2. The summed E-state index contributed by atoms with van der Waals surface area (Å²) in [6.07, 6.45) is 2.67. The molecule has 1 atom stereocenters. The van der Waals surface area contributed by atoms with Gasteiger partial charge in [-0.05, 0) is 48.8 Å². The van der Waals surface area contributed by atoms with Crippen LogP contribution in [0.3, 0.4) is 0 Å². The van der Waals surface area contributed by atoms with Crippen LogP contribution >= 0.6 is 0 Å². The molecule has 0 amide bonds. The van der Waals surface area contributed by atoms with Gasteiger partial charge in [-0.25, -0.2) is 0 Å². The molecule has 0 bridgehead atoms. The smallest absolute Gasteiger partial charge is 0.0347 e. The normalized spacial score (nSPS) is 19.9. The van der Waals surface area contributed by atoms with E-state index in [9.17, 15) is 0 Å². The van der Waals surface area contributed by atoms with Gasteiger partial charge in [0.15, 0.2) is 0 Å². The van der Waals surface area contributed by atoms with E-state index in [2.05, 4.69) is 59.6 Å². The Kier molecular flexibility index (Phi) is 3.69. The van der Waals surface area contributed by atoms with Crippen molar-refractivity contribution in [3.05, 3.63) is 42.5 Å². The fraction of sp³-hybridized carbons (Fsp3) is 0.412. The Morgan fingerprint density at radius 3 is 2.84 bits per heavy atom. The minimum absolute atomic E-state index is 0.705. The van der Waals surface area contributed by atoms with Gasteiger partial charge < -0.3 is 5.32 Å². The van der Waals surface area contributed by atoms with Crippen molar-refractivity contribution in [1.82, 2.24) is 4.90 Å². The van der Waals surface area contributed by atoms with Crippen molar-refractivity contribution in [2.45, 2.75) is 25.8 Å². The standard InChI is InChI=1S/C17H22N2/c1-2-19-11-5-8-17(19)13-18-16-10-9-14-6-3-4-7-15(14)12-16/h3-4,6-7,9-10,12,17-18H,2,5,8,11,13H2,1H3. The van der Waals surface area contributed by atoms with E-state index in [1.807, 2.05) is 0 Å². The van der Waals surface area contributed by atoms with Crippen LogP contribution in [-0.4, -0.2) is 30.6 Å². The second-order valence-electron chi connectivity index (χ2n) is 5.37. The molecule has 19 heavy (non-hydrogen) atoms. The SMILES string of the molecule is CCN1CCCC1CNc1ccc2ccccc2c1. The first kappa shape index (κ1) is 12.5. The topological polar surface area (TPSA) is 15.3 Å². The molecule has 100 valence electrons. The summed E-state index contributed by atoms with van der Waals surface area (Å²) in [6, 6.07) is 15.9. The third kappa shape index (κ3) is 2.74. The number of nitrogens with one attached hydrogen (secondary N) is 1. The van der Waals surface area contributed by atoms with E-state index in [1.165, 1.54) is 42.4 Å². The van der Waals surface area contributed by atoms with Gasteiger partial charge in [0, 0.05) is 18.3 Å². The fourth-order valence-electron chi connectivity index (χ4n) is 3.08. The average Bonchev–Trinajstić information content (AvgIpc) is 2.92. The lowest BCUT2D eigenvalue weighted by Gasteiger charge is -2.23. The molecule has 0 saturated carbocycles. The lowest BCUT2D eigenvalue weighted by molar-refractivity contribution is 0.277. The van der Waals surface area contributed by atoms with E-state index >= 15 is 0 Å². The average molecular weight is 254 g/mol. The van der Waals surface area contributed by atoms with Crippen LogP contribution in [0.1, 0.15) is 19.8 Å². The van der Waals surface area contributed by atoms with E-state index in [-0.39, 0.29) is 0 Å². The van der Waals surface area contributed by atoms with Crippen molar-refractivity contribution in [2.24, 2.45) is 0 Å². The predicted octanol–water partition coefficient (Wildman–Crippen LogP) is 3.74. The minimum Gasteiger partial charge on any atom is -0.383 e. The van der Waals surface area contributed by atoms with Crippen LogP contribution in [0.2, 0.25) is 0 Å². The van der Waals surface area contributed by atoms with Crippen molar-refractivity contribution in [3.8, 4) is 0 Å². The molecular formula is C17H22N2. The van der Waals surface area contributed by atoms with E-state index < -0.39 is 0 Å². The number of hydrogen-bond donors (Lipinski definition) is 1. The molecule has 1 heterocycles. The lowest BCUT2D eigenvalue weighted by atomic mass is 10.1. The molecule has 1 aliphatic heterocycles. The molecule has 0 aromatic heterocycles. The Labute approximate surface area is 115 Å². The predicted molar refractivity (Wildman–Crippen MR) is 82.7 cm³/mol. The molecule has 2 aromatic carbocycles. The highest BCUT2D eigenvalue weighted by Gasteiger charge is 2.22. The van der Waals surface area contributed by atoms with Gasteiger partial charge in [0.05, 0.1) is 0 Å². The van der Waals surface area contributed by atoms with Gasteiger partial charge in [0.1, 0.15) is 0 Å². The molecule has 1 aliphatic rings. The van der Waals surface area contributed by atoms with Crippen molar-refractivity contribution in [2.75, 3.05) is 25.0 Å². The van der Waals surface area contributed by atoms with Gasteiger partial charge in [-0.1, -0.05) is 37.3 Å². The van der Waals surface area contributed by atoms with Crippen molar-refractivity contribution >= 4 is 16.5 Å². The third-order valence-corrected chi connectivity index (χ3v) is 4.20. The summed E-state index contributed by atoms with van der Waals surface area (Å²) in [4.78, 5) is 2.58. The van der Waals surface area contributed by atoms with Gasteiger partial charge >= 0.3 is 0 Å².